The fourth-order valence-corrected chi connectivity index (χ4v) is 2.31. The first-order chi connectivity index (χ1) is 11.1. The van der Waals surface area contributed by atoms with E-state index in [9.17, 15) is 4.79 Å². The van der Waals surface area contributed by atoms with Crippen LogP contribution in [0.2, 0.25) is 0 Å². The SMILES string of the molecule is CCOc1ccc(CCC(=O)Nc2cc(C)ccc2OC)cc1. The van der Waals surface area contributed by atoms with Crippen molar-refractivity contribution in [1.82, 2.24) is 0 Å². The lowest BCUT2D eigenvalue weighted by Gasteiger charge is -2.11. The summed E-state index contributed by atoms with van der Waals surface area (Å²) < 4.78 is 10.7. The molecule has 0 atom stereocenters. The van der Waals surface area contributed by atoms with Gasteiger partial charge in [-0.15, -0.1) is 0 Å². The molecule has 4 heteroatoms. The highest BCUT2D eigenvalue weighted by Gasteiger charge is 2.08. The third kappa shape index (κ3) is 5.02. The number of carbonyl (C=O) groups excluding carboxylic acids is 1. The number of rotatable bonds is 7. The average molecular weight is 313 g/mol. The topological polar surface area (TPSA) is 47.6 Å². The zero-order valence-corrected chi connectivity index (χ0v) is 13.9. The van der Waals surface area contributed by atoms with E-state index in [1.807, 2.05) is 56.3 Å². The Morgan fingerprint density at radius 3 is 2.52 bits per heavy atom. The van der Waals surface area contributed by atoms with Gasteiger partial charge in [0.25, 0.3) is 0 Å². The number of anilines is 1. The molecule has 2 rings (SSSR count). The molecule has 0 unspecified atom stereocenters. The second-order valence-corrected chi connectivity index (χ2v) is 5.33. The summed E-state index contributed by atoms with van der Waals surface area (Å²) in [6, 6.07) is 13.6. The number of carbonyl (C=O) groups is 1. The van der Waals surface area contributed by atoms with Crippen LogP contribution in [-0.2, 0) is 11.2 Å². The number of ether oxygens (including phenoxy) is 2. The summed E-state index contributed by atoms with van der Waals surface area (Å²) in [5, 5.41) is 2.92. The number of methoxy groups -OCH3 is 1. The largest absolute Gasteiger partial charge is 0.495 e. The van der Waals surface area contributed by atoms with E-state index in [0.29, 0.717) is 30.9 Å². The van der Waals surface area contributed by atoms with Gasteiger partial charge in [-0.2, -0.15) is 0 Å². The van der Waals surface area contributed by atoms with Crippen molar-refractivity contribution >= 4 is 11.6 Å². The van der Waals surface area contributed by atoms with Crippen molar-refractivity contribution in [2.45, 2.75) is 26.7 Å². The standard InChI is InChI=1S/C19H23NO3/c1-4-23-16-9-6-15(7-10-16)8-12-19(21)20-17-13-14(2)5-11-18(17)22-3/h5-7,9-11,13H,4,8,12H2,1-3H3,(H,20,21). The minimum atomic E-state index is -0.0252. The lowest BCUT2D eigenvalue weighted by atomic mass is 10.1. The molecule has 0 aliphatic heterocycles. The van der Waals surface area contributed by atoms with Crippen LogP contribution in [0.5, 0.6) is 11.5 Å². The first kappa shape index (κ1) is 16.9. The van der Waals surface area contributed by atoms with Crippen LogP contribution in [0.15, 0.2) is 42.5 Å². The van der Waals surface area contributed by atoms with Crippen LogP contribution >= 0.6 is 0 Å². The van der Waals surface area contributed by atoms with Gasteiger partial charge in [-0.25, -0.2) is 0 Å². The maximum Gasteiger partial charge on any atom is 0.224 e. The highest BCUT2D eigenvalue weighted by atomic mass is 16.5. The molecular formula is C19H23NO3. The lowest BCUT2D eigenvalue weighted by molar-refractivity contribution is -0.116. The van der Waals surface area contributed by atoms with Crippen LogP contribution in [-0.4, -0.2) is 19.6 Å². The molecule has 1 amide bonds. The molecule has 2 aromatic rings. The molecule has 0 fully saturated rings. The van der Waals surface area contributed by atoms with E-state index in [1.54, 1.807) is 7.11 Å². The molecule has 0 spiro atoms. The third-order valence-corrected chi connectivity index (χ3v) is 3.50. The first-order valence-electron chi connectivity index (χ1n) is 7.78. The van der Waals surface area contributed by atoms with Gasteiger partial charge in [0.1, 0.15) is 11.5 Å². The summed E-state index contributed by atoms with van der Waals surface area (Å²) in [4.78, 5) is 12.1. The molecule has 0 aromatic heterocycles. The predicted molar refractivity (Wildman–Crippen MR) is 92.3 cm³/mol. The second kappa shape index (κ2) is 8.22. The van der Waals surface area contributed by atoms with Gasteiger partial charge in [0.15, 0.2) is 0 Å². The monoisotopic (exact) mass is 313 g/mol. The van der Waals surface area contributed by atoms with Gasteiger partial charge in [0.2, 0.25) is 5.91 Å². The van der Waals surface area contributed by atoms with Crippen LogP contribution in [0, 0.1) is 6.92 Å². The Morgan fingerprint density at radius 2 is 1.87 bits per heavy atom. The lowest BCUT2D eigenvalue weighted by Crippen LogP contribution is -2.13. The van der Waals surface area contributed by atoms with Crippen LogP contribution in [0.1, 0.15) is 24.5 Å². The Balaban J connectivity index is 1.91. The molecular weight excluding hydrogens is 290 g/mol. The Labute approximate surface area is 137 Å². The minimum Gasteiger partial charge on any atom is -0.495 e. The zero-order valence-electron chi connectivity index (χ0n) is 13.9. The molecule has 4 nitrogen and oxygen atoms in total. The van der Waals surface area contributed by atoms with Gasteiger partial charge in [0, 0.05) is 6.42 Å². The Morgan fingerprint density at radius 1 is 1.13 bits per heavy atom. The molecule has 0 bridgehead atoms. The van der Waals surface area contributed by atoms with E-state index in [0.717, 1.165) is 16.9 Å². The number of aryl methyl sites for hydroxylation is 2. The normalized spacial score (nSPS) is 10.2. The zero-order chi connectivity index (χ0) is 16.7. The van der Waals surface area contributed by atoms with Crippen LogP contribution in [0.25, 0.3) is 0 Å². The van der Waals surface area contributed by atoms with Crippen molar-refractivity contribution in [3.8, 4) is 11.5 Å². The number of hydrogen-bond acceptors (Lipinski definition) is 3. The molecule has 0 saturated heterocycles. The highest BCUT2D eigenvalue weighted by molar-refractivity contribution is 5.92. The quantitative estimate of drug-likeness (QED) is 0.841. The van der Waals surface area contributed by atoms with Crippen LogP contribution in [0.3, 0.4) is 0 Å². The molecule has 2 aromatic carbocycles. The van der Waals surface area contributed by atoms with Crippen molar-refractivity contribution < 1.29 is 14.3 Å². The fourth-order valence-electron chi connectivity index (χ4n) is 2.31. The predicted octanol–water partition coefficient (Wildman–Crippen LogP) is 3.97. The maximum atomic E-state index is 12.1. The van der Waals surface area contributed by atoms with Crippen molar-refractivity contribution in [3.63, 3.8) is 0 Å². The van der Waals surface area contributed by atoms with Gasteiger partial charge < -0.3 is 14.8 Å². The molecule has 0 aliphatic carbocycles. The van der Waals surface area contributed by atoms with Gasteiger partial charge >= 0.3 is 0 Å². The van der Waals surface area contributed by atoms with Gasteiger partial charge in [0.05, 0.1) is 19.4 Å². The van der Waals surface area contributed by atoms with E-state index < -0.39 is 0 Å². The van der Waals surface area contributed by atoms with Crippen LogP contribution < -0.4 is 14.8 Å². The highest BCUT2D eigenvalue weighted by Crippen LogP contribution is 2.25. The average Bonchev–Trinajstić information content (AvgIpc) is 2.55. The Bertz CT molecular complexity index is 650. The van der Waals surface area contributed by atoms with Gasteiger partial charge in [-0.05, 0) is 55.7 Å². The first-order valence-corrected chi connectivity index (χ1v) is 7.78. The summed E-state index contributed by atoms with van der Waals surface area (Å²) in [5.41, 5.74) is 2.90. The molecule has 0 saturated carbocycles. The summed E-state index contributed by atoms with van der Waals surface area (Å²) in [6.45, 7) is 4.59. The van der Waals surface area contributed by atoms with Crippen molar-refractivity contribution in [3.05, 3.63) is 53.6 Å². The fraction of sp³-hybridized carbons (Fsp3) is 0.316. The Hall–Kier alpha value is -2.49. The Kier molecular flexibility index (Phi) is 6.03. The number of nitrogens with one attached hydrogen (secondary N) is 1. The van der Waals surface area contributed by atoms with E-state index >= 15 is 0 Å². The molecule has 0 heterocycles. The maximum absolute atomic E-state index is 12.1. The summed E-state index contributed by atoms with van der Waals surface area (Å²) in [5.74, 6) is 1.50. The van der Waals surface area contributed by atoms with E-state index in [-0.39, 0.29) is 5.91 Å². The molecule has 0 radical (unpaired) electrons. The van der Waals surface area contributed by atoms with Gasteiger partial charge in [-0.1, -0.05) is 18.2 Å². The number of hydrogen-bond donors (Lipinski definition) is 1. The molecule has 122 valence electrons. The summed E-state index contributed by atoms with van der Waals surface area (Å²) >= 11 is 0. The van der Waals surface area contributed by atoms with E-state index in [2.05, 4.69) is 5.32 Å². The van der Waals surface area contributed by atoms with E-state index in [1.165, 1.54) is 0 Å². The minimum absolute atomic E-state index is 0.0252. The van der Waals surface area contributed by atoms with Crippen molar-refractivity contribution in [2.75, 3.05) is 19.0 Å². The summed E-state index contributed by atoms with van der Waals surface area (Å²) in [6.07, 6.45) is 1.11. The molecule has 1 N–H and O–H groups in total. The number of amides is 1. The van der Waals surface area contributed by atoms with Crippen molar-refractivity contribution in [2.24, 2.45) is 0 Å². The molecule has 23 heavy (non-hydrogen) atoms. The summed E-state index contributed by atoms with van der Waals surface area (Å²) in [7, 11) is 1.60. The van der Waals surface area contributed by atoms with Gasteiger partial charge in [-0.3, -0.25) is 4.79 Å². The smallest absolute Gasteiger partial charge is 0.224 e. The van der Waals surface area contributed by atoms with Crippen LogP contribution in [0.4, 0.5) is 5.69 Å². The third-order valence-electron chi connectivity index (χ3n) is 3.50. The number of benzene rings is 2. The van der Waals surface area contributed by atoms with Crippen molar-refractivity contribution in [1.29, 1.82) is 0 Å². The molecule has 0 aliphatic rings. The second-order valence-electron chi connectivity index (χ2n) is 5.33. The van der Waals surface area contributed by atoms with E-state index in [4.69, 9.17) is 9.47 Å².